The first kappa shape index (κ1) is 11.8. The summed E-state index contributed by atoms with van der Waals surface area (Å²) in [6.07, 6.45) is 0. The van der Waals surface area contributed by atoms with E-state index in [1.165, 1.54) is 12.1 Å². The van der Waals surface area contributed by atoms with Crippen LogP contribution < -0.4 is 11.1 Å². The SMILES string of the molecule is CNc1cc(-c2ccc(C(=O)O)cc2)nc(N)n1. The lowest BCUT2D eigenvalue weighted by molar-refractivity contribution is 0.0697. The molecule has 6 nitrogen and oxygen atoms in total. The van der Waals surface area contributed by atoms with Crippen LogP contribution in [0.3, 0.4) is 0 Å². The average molecular weight is 244 g/mol. The lowest BCUT2D eigenvalue weighted by Crippen LogP contribution is -2.01. The zero-order chi connectivity index (χ0) is 13.1. The number of nitrogen functional groups attached to an aromatic ring is 1. The van der Waals surface area contributed by atoms with E-state index in [0.717, 1.165) is 5.56 Å². The minimum Gasteiger partial charge on any atom is -0.478 e. The molecule has 4 N–H and O–H groups in total. The standard InChI is InChI=1S/C12H12N4O2/c1-14-10-6-9(15-12(13)16-10)7-2-4-8(5-3-7)11(17)18/h2-6H,1H3,(H,17,18)(H3,13,14,15,16). The molecule has 0 amide bonds. The zero-order valence-electron chi connectivity index (χ0n) is 9.71. The topological polar surface area (TPSA) is 101 Å². The third-order valence-corrected chi connectivity index (χ3v) is 2.43. The molecule has 0 atom stereocenters. The molecule has 2 aromatic rings. The van der Waals surface area contributed by atoms with Crippen LogP contribution in [0.1, 0.15) is 10.4 Å². The van der Waals surface area contributed by atoms with Crippen molar-refractivity contribution in [3.8, 4) is 11.3 Å². The molecule has 0 radical (unpaired) electrons. The number of aromatic nitrogens is 2. The highest BCUT2D eigenvalue weighted by molar-refractivity contribution is 5.88. The minimum absolute atomic E-state index is 0.166. The second-order valence-electron chi connectivity index (χ2n) is 3.63. The molecule has 6 heteroatoms. The summed E-state index contributed by atoms with van der Waals surface area (Å²) >= 11 is 0. The van der Waals surface area contributed by atoms with Crippen LogP contribution in [0.25, 0.3) is 11.3 Å². The van der Waals surface area contributed by atoms with Gasteiger partial charge in [-0.1, -0.05) is 12.1 Å². The Hall–Kier alpha value is -2.63. The molecule has 0 aliphatic heterocycles. The van der Waals surface area contributed by atoms with Crippen LogP contribution in [0.5, 0.6) is 0 Å². The van der Waals surface area contributed by atoms with E-state index in [1.54, 1.807) is 25.2 Å². The summed E-state index contributed by atoms with van der Waals surface area (Å²) in [6.45, 7) is 0. The summed E-state index contributed by atoms with van der Waals surface area (Å²) in [5, 5.41) is 11.7. The Bertz CT molecular complexity index is 581. The van der Waals surface area contributed by atoms with Gasteiger partial charge in [-0.3, -0.25) is 0 Å². The van der Waals surface area contributed by atoms with Crippen molar-refractivity contribution < 1.29 is 9.90 Å². The first-order chi connectivity index (χ1) is 8.60. The van der Waals surface area contributed by atoms with Crippen molar-refractivity contribution in [3.05, 3.63) is 35.9 Å². The fourth-order valence-corrected chi connectivity index (χ4v) is 1.53. The second kappa shape index (κ2) is 4.70. The maximum Gasteiger partial charge on any atom is 0.335 e. The number of carboxylic acids is 1. The molecule has 0 spiro atoms. The molecule has 0 fully saturated rings. The zero-order valence-corrected chi connectivity index (χ0v) is 9.71. The Morgan fingerprint density at radius 2 is 1.94 bits per heavy atom. The van der Waals surface area contributed by atoms with Crippen molar-refractivity contribution in [2.75, 3.05) is 18.1 Å². The maximum atomic E-state index is 10.7. The van der Waals surface area contributed by atoms with Gasteiger partial charge in [0.05, 0.1) is 11.3 Å². The second-order valence-corrected chi connectivity index (χ2v) is 3.63. The van der Waals surface area contributed by atoms with Crippen molar-refractivity contribution in [1.82, 2.24) is 9.97 Å². The van der Waals surface area contributed by atoms with Gasteiger partial charge in [-0.05, 0) is 12.1 Å². The highest BCUT2D eigenvalue weighted by atomic mass is 16.4. The van der Waals surface area contributed by atoms with Crippen molar-refractivity contribution in [2.24, 2.45) is 0 Å². The van der Waals surface area contributed by atoms with Gasteiger partial charge in [0.1, 0.15) is 5.82 Å². The van der Waals surface area contributed by atoms with Crippen molar-refractivity contribution in [1.29, 1.82) is 0 Å². The van der Waals surface area contributed by atoms with E-state index < -0.39 is 5.97 Å². The van der Waals surface area contributed by atoms with Crippen LogP contribution in [0.15, 0.2) is 30.3 Å². The van der Waals surface area contributed by atoms with Gasteiger partial charge < -0.3 is 16.2 Å². The van der Waals surface area contributed by atoms with Gasteiger partial charge in [-0.25, -0.2) is 9.78 Å². The van der Waals surface area contributed by atoms with Gasteiger partial charge in [-0.15, -0.1) is 0 Å². The molecule has 1 aromatic carbocycles. The Labute approximate surface area is 104 Å². The molecule has 0 saturated heterocycles. The predicted octanol–water partition coefficient (Wildman–Crippen LogP) is 1.47. The summed E-state index contributed by atoms with van der Waals surface area (Å²) in [5.41, 5.74) is 7.25. The summed E-state index contributed by atoms with van der Waals surface area (Å²) in [6, 6.07) is 8.16. The number of nitrogens with zero attached hydrogens (tertiary/aromatic N) is 2. The number of aromatic carboxylic acids is 1. The third-order valence-electron chi connectivity index (χ3n) is 2.43. The van der Waals surface area contributed by atoms with Gasteiger partial charge in [0.25, 0.3) is 0 Å². The summed E-state index contributed by atoms with van der Waals surface area (Å²) in [7, 11) is 1.74. The van der Waals surface area contributed by atoms with Gasteiger partial charge in [-0.2, -0.15) is 4.98 Å². The van der Waals surface area contributed by atoms with Gasteiger partial charge >= 0.3 is 5.97 Å². The normalized spacial score (nSPS) is 10.1. The third kappa shape index (κ3) is 2.37. The largest absolute Gasteiger partial charge is 0.478 e. The molecular weight excluding hydrogens is 232 g/mol. The fourth-order valence-electron chi connectivity index (χ4n) is 1.53. The lowest BCUT2D eigenvalue weighted by atomic mass is 10.1. The predicted molar refractivity (Wildman–Crippen MR) is 68.4 cm³/mol. The number of carbonyl (C=O) groups is 1. The number of hydrogen-bond acceptors (Lipinski definition) is 5. The average Bonchev–Trinajstić information content (AvgIpc) is 2.38. The van der Waals surface area contributed by atoms with Gasteiger partial charge in [0, 0.05) is 18.7 Å². The molecule has 0 saturated carbocycles. The van der Waals surface area contributed by atoms with Crippen molar-refractivity contribution >= 4 is 17.7 Å². The summed E-state index contributed by atoms with van der Waals surface area (Å²) in [5.74, 6) is -0.182. The van der Waals surface area contributed by atoms with Crippen LogP contribution >= 0.6 is 0 Å². The summed E-state index contributed by atoms with van der Waals surface area (Å²) in [4.78, 5) is 18.8. The van der Waals surface area contributed by atoms with E-state index in [2.05, 4.69) is 15.3 Å². The molecule has 2 rings (SSSR count). The van der Waals surface area contributed by atoms with Crippen molar-refractivity contribution in [2.45, 2.75) is 0 Å². The first-order valence-electron chi connectivity index (χ1n) is 5.26. The molecule has 0 bridgehead atoms. The highest BCUT2D eigenvalue weighted by Crippen LogP contribution is 2.20. The minimum atomic E-state index is -0.959. The summed E-state index contributed by atoms with van der Waals surface area (Å²) < 4.78 is 0. The molecule has 1 heterocycles. The first-order valence-corrected chi connectivity index (χ1v) is 5.26. The van der Waals surface area contributed by atoms with Crippen LogP contribution in [0.4, 0.5) is 11.8 Å². The Kier molecular flexibility index (Phi) is 3.09. The Morgan fingerprint density at radius 1 is 1.28 bits per heavy atom. The maximum absolute atomic E-state index is 10.7. The molecule has 0 aliphatic carbocycles. The van der Waals surface area contributed by atoms with Crippen LogP contribution in [-0.2, 0) is 0 Å². The Balaban J connectivity index is 2.42. The number of carboxylic acid groups (broad SMARTS) is 1. The Morgan fingerprint density at radius 3 is 2.50 bits per heavy atom. The number of nitrogens with two attached hydrogens (primary N) is 1. The highest BCUT2D eigenvalue weighted by Gasteiger charge is 2.06. The van der Waals surface area contributed by atoms with E-state index in [4.69, 9.17) is 10.8 Å². The monoisotopic (exact) mass is 244 g/mol. The number of hydrogen-bond donors (Lipinski definition) is 3. The molecule has 1 aromatic heterocycles. The van der Waals surface area contributed by atoms with Crippen LogP contribution in [0, 0.1) is 0 Å². The number of nitrogens with one attached hydrogen (secondary N) is 1. The smallest absolute Gasteiger partial charge is 0.335 e. The van der Waals surface area contributed by atoms with E-state index in [1.807, 2.05) is 0 Å². The molecule has 18 heavy (non-hydrogen) atoms. The molecule has 92 valence electrons. The van der Waals surface area contributed by atoms with Gasteiger partial charge in [0.15, 0.2) is 0 Å². The quantitative estimate of drug-likeness (QED) is 0.755. The van der Waals surface area contributed by atoms with Crippen LogP contribution in [-0.4, -0.2) is 28.1 Å². The van der Waals surface area contributed by atoms with E-state index in [-0.39, 0.29) is 11.5 Å². The lowest BCUT2D eigenvalue weighted by Gasteiger charge is -2.05. The molecular formula is C12H12N4O2. The van der Waals surface area contributed by atoms with E-state index in [0.29, 0.717) is 11.5 Å². The molecule has 0 aliphatic rings. The van der Waals surface area contributed by atoms with Crippen LogP contribution in [0.2, 0.25) is 0 Å². The number of rotatable bonds is 3. The van der Waals surface area contributed by atoms with E-state index >= 15 is 0 Å². The van der Waals surface area contributed by atoms with Crippen molar-refractivity contribution in [3.63, 3.8) is 0 Å². The van der Waals surface area contributed by atoms with Gasteiger partial charge in [0.2, 0.25) is 5.95 Å². The number of benzene rings is 1. The fraction of sp³-hybridized carbons (Fsp3) is 0.0833. The van der Waals surface area contributed by atoms with E-state index in [9.17, 15) is 4.79 Å². The number of anilines is 2. The molecule has 0 unspecified atom stereocenters.